The number of amides is 2. The van der Waals surface area contributed by atoms with E-state index in [0.29, 0.717) is 5.69 Å². The number of aryl methyl sites for hydroxylation is 3. The second-order valence-electron chi connectivity index (χ2n) is 7.40. The van der Waals surface area contributed by atoms with Gasteiger partial charge >= 0.3 is 5.97 Å². The zero-order valence-corrected chi connectivity index (χ0v) is 18.1. The van der Waals surface area contributed by atoms with Gasteiger partial charge in [-0.3, -0.25) is 14.4 Å². The summed E-state index contributed by atoms with van der Waals surface area (Å²) in [5.74, 6) is -1.05. The van der Waals surface area contributed by atoms with Crippen molar-refractivity contribution in [3.05, 3.63) is 59.2 Å². The van der Waals surface area contributed by atoms with Gasteiger partial charge in [0.2, 0.25) is 5.91 Å². The summed E-state index contributed by atoms with van der Waals surface area (Å²) in [6, 6.07) is 13.7. The molecule has 0 heterocycles. The number of esters is 1. The number of nitrogens with one attached hydrogen (secondary N) is 1. The van der Waals surface area contributed by atoms with Gasteiger partial charge < -0.3 is 15.0 Å². The molecule has 0 spiro atoms. The van der Waals surface area contributed by atoms with Gasteiger partial charge in [-0.1, -0.05) is 23.8 Å². The average molecular weight is 427 g/mol. The number of ether oxygens (including phenoxy) is 1. The third-order valence-corrected chi connectivity index (χ3v) is 5.89. The summed E-state index contributed by atoms with van der Waals surface area (Å²) in [5, 5.41) is 2.73. The van der Waals surface area contributed by atoms with E-state index in [9.17, 15) is 14.4 Å². The Morgan fingerprint density at radius 2 is 1.80 bits per heavy atom. The van der Waals surface area contributed by atoms with E-state index in [0.717, 1.165) is 23.3 Å². The molecule has 7 heteroatoms. The predicted octanol–water partition coefficient (Wildman–Crippen LogP) is 3.22. The molecule has 2 amide bonds. The fourth-order valence-corrected chi connectivity index (χ4v) is 3.97. The van der Waals surface area contributed by atoms with Crippen molar-refractivity contribution in [2.75, 3.05) is 31.3 Å². The summed E-state index contributed by atoms with van der Waals surface area (Å²) in [4.78, 5) is 38.5. The van der Waals surface area contributed by atoms with Crippen molar-refractivity contribution in [1.29, 1.82) is 0 Å². The number of thioether (sulfide) groups is 1. The Kier molecular flexibility index (Phi) is 7.52. The lowest BCUT2D eigenvalue weighted by Gasteiger charge is -2.17. The van der Waals surface area contributed by atoms with Crippen LogP contribution in [0.2, 0.25) is 0 Å². The molecule has 1 N–H and O–H groups in total. The fraction of sp³-hybridized carbons (Fsp3) is 0.348. The normalized spacial score (nSPS) is 12.2. The van der Waals surface area contributed by atoms with E-state index in [1.807, 2.05) is 25.1 Å². The predicted molar refractivity (Wildman–Crippen MR) is 118 cm³/mol. The zero-order chi connectivity index (χ0) is 21.5. The largest absolute Gasteiger partial charge is 0.455 e. The van der Waals surface area contributed by atoms with Gasteiger partial charge in [0.25, 0.3) is 5.91 Å². The number of carbonyl (C=O) groups is 3. The third-order valence-electron chi connectivity index (χ3n) is 4.93. The summed E-state index contributed by atoms with van der Waals surface area (Å²) >= 11 is 1.40. The van der Waals surface area contributed by atoms with Crippen molar-refractivity contribution >= 4 is 35.2 Å². The molecule has 0 unspecified atom stereocenters. The molecule has 3 rings (SSSR count). The molecule has 6 nitrogen and oxygen atoms in total. The summed E-state index contributed by atoms with van der Waals surface area (Å²) in [6.45, 7) is 1.47. The second-order valence-corrected chi connectivity index (χ2v) is 8.45. The lowest BCUT2D eigenvalue weighted by atomic mass is 10.1. The Bertz CT molecular complexity index is 927. The van der Waals surface area contributed by atoms with Crippen molar-refractivity contribution < 1.29 is 19.1 Å². The molecule has 1 aliphatic rings. The molecule has 0 saturated carbocycles. The molecule has 2 aromatic carbocycles. The van der Waals surface area contributed by atoms with E-state index in [-0.39, 0.29) is 24.8 Å². The first-order valence-electron chi connectivity index (χ1n) is 9.91. The van der Waals surface area contributed by atoms with Gasteiger partial charge in [-0.15, -0.1) is 11.8 Å². The number of anilines is 1. The van der Waals surface area contributed by atoms with Gasteiger partial charge in [-0.05, 0) is 61.6 Å². The smallest absolute Gasteiger partial charge is 0.316 e. The van der Waals surface area contributed by atoms with Crippen LogP contribution in [-0.2, 0) is 32.0 Å². The van der Waals surface area contributed by atoms with E-state index in [1.165, 1.54) is 41.3 Å². The first-order valence-corrected chi connectivity index (χ1v) is 10.9. The monoisotopic (exact) mass is 426 g/mol. The van der Waals surface area contributed by atoms with Crippen LogP contribution in [0.3, 0.4) is 0 Å². The Balaban J connectivity index is 1.37. The molecule has 0 radical (unpaired) electrons. The molecule has 30 heavy (non-hydrogen) atoms. The van der Waals surface area contributed by atoms with Gasteiger partial charge in [0.1, 0.15) is 0 Å². The number of likely N-dealkylation sites (N-methyl/N-ethyl adjacent to an activating group) is 1. The molecular formula is C23H26N2O4S. The molecule has 0 saturated heterocycles. The van der Waals surface area contributed by atoms with E-state index >= 15 is 0 Å². The summed E-state index contributed by atoms with van der Waals surface area (Å²) in [5.41, 5.74) is 4.51. The number of benzene rings is 2. The Morgan fingerprint density at radius 3 is 2.57 bits per heavy atom. The standard InChI is InChI=1S/C23H26N2O4S/c1-16-6-9-19(10-7-16)24-21(26)13-25(2)22(27)14-29-23(28)15-30-20-11-8-17-4-3-5-18(17)12-20/h6-12H,3-5,13-15H2,1-2H3,(H,24,26). The van der Waals surface area contributed by atoms with Crippen molar-refractivity contribution in [2.24, 2.45) is 0 Å². The number of rotatable bonds is 8. The Labute approximate surface area is 181 Å². The summed E-state index contributed by atoms with van der Waals surface area (Å²) < 4.78 is 5.07. The Morgan fingerprint density at radius 1 is 1.07 bits per heavy atom. The fourth-order valence-electron chi connectivity index (χ4n) is 3.22. The molecule has 158 valence electrons. The minimum Gasteiger partial charge on any atom is -0.455 e. The first kappa shape index (κ1) is 21.9. The number of hydrogen-bond donors (Lipinski definition) is 1. The molecule has 0 bridgehead atoms. The van der Waals surface area contributed by atoms with Crippen molar-refractivity contribution in [1.82, 2.24) is 4.90 Å². The van der Waals surface area contributed by atoms with Crippen LogP contribution in [0.25, 0.3) is 0 Å². The minimum atomic E-state index is -0.452. The maximum atomic E-state index is 12.1. The SMILES string of the molecule is Cc1ccc(NC(=O)CN(C)C(=O)COC(=O)CSc2ccc3c(c2)CCC3)cc1. The van der Waals surface area contributed by atoms with Crippen LogP contribution in [0.5, 0.6) is 0 Å². The van der Waals surface area contributed by atoms with Crippen LogP contribution in [-0.4, -0.2) is 48.6 Å². The highest BCUT2D eigenvalue weighted by Crippen LogP contribution is 2.27. The van der Waals surface area contributed by atoms with Gasteiger partial charge in [0, 0.05) is 17.6 Å². The molecule has 0 aliphatic heterocycles. The van der Waals surface area contributed by atoms with Gasteiger partial charge in [-0.25, -0.2) is 0 Å². The van der Waals surface area contributed by atoms with E-state index < -0.39 is 11.9 Å². The highest BCUT2D eigenvalue weighted by atomic mass is 32.2. The van der Waals surface area contributed by atoms with Gasteiger partial charge in [-0.2, -0.15) is 0 Å². The molecule has 2 aromatic rings. The Hall–Kier alpha value is -2.80. The van der Waals surface area contributed by atoms with Crippen molar-refractivity contribution in [3.63, 3.8) is 0 Å². The van der Waals surface area contributed by atoms with Gasteiger partial charge in [0.05, 0.1) is 12.3 Å². The maximum Gasteiger partial charge on any atom is 0.316 e. The average Bonchev–Trinajstić information content (AvgIpc) is 3.20. The molecule has 0 atom stereocenters. The minimum absolute atomic E-state index is 0.117. The highest BCUT2D eigenvalue weighted by molar-refractivity contribution is 8.00. The number of carbonyl (C=O) groups excluding carboxylic acids is 3. The zero-order valence-electron chi connectivity index (χ0n) is 17.3. The topological polar surface area (TPSA) is 75.7 Å². The van der Waals surface area contributed by atoms with Crippen molar-refractivity contribution in [2.45, 2.75) is 31.1 Å². The maximum absolute atomic E-state index is 12.1. The lowest BCUT2D eigenvalue weighted by molar-refractivity contribution is -0.149. The first-order chi connectivity index (χ1) is 14.4. The van der Waals surface area contributed by atoms with Crippen molar-refractivity contribution in [3.8, 4) is 0 Å². The van der Waals surface area contributed by atoms with E-state index in [4.69, 9.17) is 4.74 Å². The summed E-state index contributed by atoms with van der Waals surface area (Å²) in [6.07, 6.45) is 3.40. The van der Waals surface area contributed by atoms with Crippen LogP contribution in [0.4, 0.5) is 5.69 Å². The molecular weight excluding hydrogens is 400 g/mol. The number of nitrogens with zero attached hydrogens (tertiary/aromatic N) is 1. The number of fused-ring (bicyclic) bond motifs is 1. The van der Waals surface area contributed by atoms with Gasteiger partial charge in [0.15, 0.2) is 6.61 Å². The highest BCUT2D eigenvalue weighted by Gasteiger charge is 2.16. The lowest BCUT2D eigenvalue weighted by Crippen LogP contribution is -2.37. The van der Waals surface area contributed by atoms with Crippen LogP contribution < -0.4 is 5.32 Å². The third kappa shape index (κ3) is 6.35. The quantitative estimate of drug-likeness (QED) is 0.518. The van der Waals surface area contributed by atoms with Crippen LogP contribution in [0, 0.1) is 6.92 Å². The van der Waals surface area contributed by atoms with Crippen LogP contribution >= 0.6 is 11.8 Å². The van der Waals surface area contributed by atoms with E-state index in [2.05, 4.69) is 17.4 Å². The van der Waals surface area contributed by atoms with Crippen LogP contribution in [0.1, 0.15) is 23.1 Å². The van der Waals surface area contributed by atoms with Crippen LogP contribution in [0.15, 0.2) is 47.4 Å². The molecule has 1 aliphatic carbocycles. The second kappa shape index (κ2) is 10.3. The van der Waals surface area contributed by atoms with E-state index in [1.54, 1.807) is 12.1 Å². The molecule has 0 fully saturated rings. The molecule has 0 aromatic heterocycles. The summed E-state index contributed by atoms with van der Waals surface area (Å²) in [7, 11) is 1.50. The number of hydrogen-bond acceptors (Lipinski definition) is 5.